The van der Waals surface area contributed by atoms with E-state index < -0.39 is 0 Å². The van der Waals surface area contributed by atoms with E-state index in [1.54, 1.807) is 0 Å². The number of aromatic amines is 1. The molecule has 2 aromatic rings. The van der Waals surface area contributed by atoms with Crippen LogP contribution in [0.5, 0.6) is 0 Å². The minimum absolute atomic E-state index is 0.557. The molecule has 0 radical (unpaired) electrons. The highest BCUT2D eigenvalue weighted by Crippen LogP contribution is 2.20. The lowest BCUT2D eigenvalue weighted by atomic mass is 9.94. The first kappa shape index (κ1) is 14.2. The van der Waals surface area contributed by atoms with Gasteiger partial charge in [-0.05, 0) is 25.9 Å². The van der Waals surface area contributed by atoms with Gasteiger partial charge in [-0.25, -0.2) is 0 Å². The van der Waals surface area contributed by atoms with E-state index in [4.69, 9.17) is 0 Å². The lowest BCUT2D eigenvalue weighted by Crippen LogP contribution is -2.46. The van der Waals surface area contributed by atoms with Gasteiger partial charge >= 0.3 is 0 Å². The van der Waals surface area contributed by atoms with Gasteiger partial charge in [-0.3, -0.25) is 0 Å². The van der Waals surface area contributed by atoms with Crippen molar-refractivity contribution in [3.05, 3.63) is 36.0 Å². The Bertz CT molecular complexity index is 565. The van der Waals surface area contributed by atoms with Gasteiger partial charge < -0.3 is 10.2 Å². The third kappa shape index (κ3) is 3.31. The molecule has 2 atom stereocenters. The Kier molecular flexibility index (Phi) is 4.31. The summed E-state index contributed by atoms with van der Waals surface area (Å²) in [5, 5.41) is 15.0. The summed E-state index contributed by atoms with van der Waals surface area (Å²) in [6, 6.07) is 10.8. The number of hydrogen-bond donors (Lipinski definition) is 2. The molecule has 5 nitrogen and oxygen atoms in total. The smallest absolute Gasteiger partial charge is 0.117 e. The molecular formula is C16H23N5. The molecule has 1 aromatic carbocycles. The molecule has 0 bridgehead atoms. The third-order valence-electron chi connectivity index (χ3n) is 4.31. The van der Waals surface area contributed by atoms with Gasteiger partial charge in [0.25, 0.3) is 0 Å². The first-order valence-corrected chi connectivity index (χ1v) is 7.61. The molecule has 2 unspecified atom stereocenters. The second kappa shape index (κ2) is 6.37. The van der Waals surface area contributed by atoms with E-state index in [2.05, 4.69) is 51.7 Å². The zero-order valence-corrected chi connectivity index (χ0v) is 12.7. The fraction of sp³-hybridized carbons (Fsp3) is 0.500. The van der Waals surface area contributed by atoms with Crippen LogP contribution in [0.25, 0.3) is 11.3 Å². The van der Waals surface area contributed by atoms with E-state index >= 15 is 0 Å². The van der Waals surface area contributed by atoms with Gasteiger partial charge in [-0.1, -0.05) is 37.3 Å². The lowest BCUT2D eigenvalue weighted by Gasteiger charge is -2.35. The summed E-state index contributed by atoms with van der Waals surface area (Å²) in [5.41, 5.74) is 3.05. The van der Waals surface area contributed by atoms with Gasteiger partial charge in [0.1, 0.15) is 11.4 Å². The lowest BCUT2D eigenvalue weighted by molar-refractivity contribution is 0.174. The maximum Gasteiger partial charge on any atom is 0.117 e. The van der Waals surface area contributed by atoms with Crippen molar-refractivity contribution in [3.8, 4) is 11.3 Å². The quantitative estimate of drug-likeness (QED) is 0.901. The second-order valence-corrected chi connectivity index (χ2v) is 6.00. The Morgan fingerprint density at radius 1 is 1.29 bits per heavy atom. The largest absolute Gasteiger partial charge is 0.308 e. The van der Waals surface area contributed by atoms with Crippen LogP contribution in [0.2, 0.25) is 0 Å². The molecule has 1 aliphatic heterocycles. The summed E-state index contributed by atoms with van der Waals surface area (Å²) < 4.78 is 0. The molecule has 21 heavy (non-hydrogen) atoms. The number of hydrogen-bond acceptors (Lipinski definition) is 4. The topological polar surface area (TPSA) is 56.8 Å². The van der Waals surface area contributed by atoms with E-state index in [0.29, 0.717) is 12.0 Å². The van der Waals surface area contributed by atoms with Crippen molar-refractivity contribution < 1.29 is 0 Å². The zero-order chi connectivity index (χ0) is 14.7. The van der Waals surface area contributed by atoms with Crippen LogP contribution in [0.3, 0.4) is 0 Å². The Hall–Kier alpha value is -1.72. The van der Waals surface area contributed by atoms with Crippen molar-refractivity contribution >= 4 is 0 Å². The summed E-state index contributed by atoms with van der Waals surface area (Å²) in [5.74, 6) is 0.663. The average Bonchev–Trinajstić information content (AvgIpc) is 2.96. The van der Waals surface area contributed by atoms with Crippen LogP contribution in [0.15, 0.2) is 30.3 Å². The number of aromatic nitrogens is 3. The molecule has 2 heterocycles. The standard InChI is InChI=1S/C16H23N5/c1-12-11-21(2)9-8-14(12)17-10-15-16(19-20-18-15)13-6-4-3-5-7-13/h3-7,12,14,17H,8-11H2,1-2H3,(H,18,19,20). The Morgan fingerprint density at radius 2 is 2.10 bits per heavy atom. The van der Waals surface area contributed by atoms with E-state index in [1.165, 1.54) is 6.42 Å². The van der Waals surface area contributed by atoms with Gasteiger partial charge in [0, 0.05) is 24.7 Å². The first-order chi connectivity index (χ1) is 10.2. The number of likely N-dealkylation sites (tertiary alicyclic amines) is 1. The average molecular weight is 285 g/mol. The SMILES string of the molecule is CC1CN(C)CCC1NCc1n[nH]nc1-c1ccccc1. The van der Waals surface area contributed by atoms with Crippen molar-refractivity contribution in [3.63, 3.8) is 0 Å². The molecule has 1 saturated heterocycles. The molecule has 1 fully saturated rings. The van der Waals surface area contributed by atoms with Crippen molar-refractivity contribution in [2.75, 3.05) is 20.1 Å². The van der Waals surface area contributed by atoms with Crippen molar-refractivity contribution in [1.82, 2.24) is 25.6 Å². The number of benzene rings is 1. The molecule has 2 N–H and O–H groups in total. The number of nitrogens with one attached hydrogen (secondary N) is 2. The molecule has 0 aliphatic carbocycles. The number of nitrogens with zero attached hydrogens (tertiary/aromatic N) is 3. The molecule has 112 valence electrons. The highest BCUT2D eigenvalue weighted by molar-refractivity contribution is 5.60. The van der Waals surface area contributed by atoms with Gasteiger partial charge in [-0.2, -0.15) is 15.4 Å². The molecule has 5 heteroatoms. The van der Waals surface area contributed by atoms with Crippen molar-refractivity contribution in [2.24, 2.45) is 5.92 Å². The molecule has 0 saturated carbocycles. The maximum absolute atomic E-state index is 4.31. The summed E-state index contributed by atoms with van der Waals surface area (Å²) in [6.07, 6.45) is 1.19. The van der Waals surface area contributed by atoms with E-state index in [9.17, 15) is 0 Å². The van der Waals surface area contributed by atoms with Crippen LogP contribution in [-0.4, -0.2) is 46.5 Å². The Morgan fingerprint density at radius 3 is 2.86 bits per heavy atom. The minimum Gasteiger partial charge on any atom is -0.308 e. The summed E-state index contributed by atoms with van der Waals surface area (Å²) in [7, 11) is 2.19. The summed E-state index contributed by atoms with van der Waals surface area (Å²) in [6.45, 7) is 5.39. The van der Waals surface area contributed by atoms with Crippen LogP contribution in [0, 0.1) is 5.92 Å². The van der Waals surface area contributed by atoms with Crippen LogP contribution >= 0.6 is 0 Å². The van der Waals surface area contributed by atoms with Gasteiger partial charge in [-0.15, -0.1) is 0 Å². The highest BCUT2D eigenvalue weighted by atomic mass is 15.3. The Balaban J connectivity index is 1.65. The predicted octanol–water partition coefficient (Wildman–Crippen LogP) is 1.90. The van der Waals surface area contributed by atoms with Gasteiger partial charge in [0.2, 0.25) is 0 Å². The summed E-state index contributed by atoms with van der Waals surface area (Å²) >= 11 is 0. The van der Waals surface area contributed by atoms with E-state index in [0.717, 1.165) is 36.6 Å². The molecule has 1 aliphatic rings. The molecule has 3 rings (SSSR count). The highest BCUT2D eigenvalue weighted by Gasteiger charge is 2.24. The fourth-order valence-electron chi connectivity index (χ4n) is 3.09. The van der Waals surface area contributed by atoms with E-state index in [-0.39, 0.29) is 0 Å². The number of piperidine rings is 1. The third-order valence-corrected chi connectivity index (χ3v) is 4.31. The van der Waals surface area contributed by atoms with Gasteiger partial charge in [0.05, 0.1) is 0 Å². The van der Waals surface area contributed by atoms with Gasteiger partial charge in [0.15, 0.2) is 0 Å². The van der Waals surface area contributed by atoms with Crippen LogP contribution in [0.1, 0.15) is 19.0 Å². The van der Waals surface area contributed by atoms with Crippen LogP contribution < -0.4 is 5.32 Å². The number of rotatable bonds is 4. The zero-order valence-electron chi connectivity index (χ0n) is 12.7. The molecule has 0 spiro atoms. The normalized spacial score (nSPS) is 23.3. The fourth-order valence-corrected chi connectivity index (χ4v) is 3.09. The Labute approximate surface area is 125 Å². The first-order valence-electron chi connectivity index (χ1n) is 7.61. The monoisotopic (exact) mass is 285 g/mol. The molecule has 0 amide bonds. The summed E-state index contributed by atoms with van der Waals surface area (Å²) in [4.78, 5) is 2.40. The van der Waals surface area contributed by atoms with Crippen LogP contribution in [0.4, 0.5) is 0 Å². The molecule has 1 aromatic heterocycles. The van der Waals surface area contributed by atoms with E-state index in [1.807, 2.05) is 18.2 Å². The molecular weight excluding hydrogens is 262 g/mol. The van der Waals surface area contributed by atoms with Crippen LogP contribution in [-0.2, 0) is 6.54 Å². The van der Waals surface area contributed by atoms with Crippen molar-refractivity contribution in [2.45, 2.75) is 25.9 Å². The van der Waals surface area contributed by atoms with Crippen molar-refractivity contribution in [1.29, 1.82) is 0 Å². The minimum atomic E-state index is 0.557. The maximum atomic E-state index is 4.31. The number of H-pyrrole nitrogens is 1. The predicted molar refractivity (Wildman–Crippen MR) is 83.7 cm³/mol. The second-order valence-electron chi connectivity index (χ2n) is 6.00.